The van der Waals surface area contributed by atoms with Gasteiger partial charge in [-0.05, 0) is 75.9 Å². The molecule has 4 N–H and O–H groups in total. The van der Waals surface area contributed by atoms with Crippen molar-refractivity contribution >= 4 is 23.6 Å². The molecule has 42 heavy (non-hydrogen) atoms. The quantitative estimate of drug-likeness (QED) is 0.356. The number of benzene rings is 2. The van der Waals surface area contributed by atoms with Crippen LogP contribution in [0.4, 0.5) is 0 Å². The van der Waals surface area contributed by atoms with Crippen LogP contribution in [0.15, 0.2) is 54.6 Å². The van der Waals surface area contributed by atoms with Crippen LogP contribution in [0.2, 0.25) is 0 Å². The molecule has 1 saturated heterocycles. The summed E-state index contributed by atoms with van der Waals surface area (Å²) in [6.07, 6.45) is 5.20. The predicted octanol–water partition coefficient (Wildman–Crippen LogP) is 2.18. The fourth-order valence-electron chi connectivity index (χ4n) is 5.28. The lowest BCUT2D eigenvalue weighted by Gasteiger charge is -2.22. The van der Waals surface area contributed by atoms with Crippen LogP contribution in [0.1, 0.15) is 60.9 Å². The molecule has 1 fully saturated rings. The molecular weight excluding hydrogens is 534 g/mol. The van der Waals surface area contributed by atoms with E-state index in [4.69, 9.17) is 4.74 Å². The zero-order valence-corrected chi connectivity index (χ0v) is 24.2. The lowest BCUT2D eigenvalue weighted by atomic mass is 10.0. The van der Waals surface area contributed by atoms with Crippen LogP contribution >= 0.6 is 0 Å². The van der Waals surface area contributed by atoms with Crippen molar-refractivity contribution in [3.8, 4) is 5.75 Å². The molecule has 0 radical (unpaired) electrons. The van der Waals surface area contributed by atoms with Gasteiger partial charge in [-0.3, -0.25) is 19.2 Å². The number of unbranched alkanes of at least 4 members (excludes halogenated alkanes) is 1. The summed E-state index contributed by atoms with van der Waals surface area (Å²) in [6.45, 7) is 4.43. The molecule has 4 amide bonds. The zero-order valence-electron chi connectivity index (χ0n) is 24.2. The molecule has 0 saturated carbocycles. The fraction of sp³-hybridized carbons (Fsp3) is 0.500. The summed E-state index contributed by atoms with van der Waals surface area (Å²) in [5.74, 6) is -1.03. The molecule has 0 aromatic heterocycles. The van der Waals surface area contributed by atoms with Gasteiger partial charge in [0.25, 0.3) is 5.91 Å². The Balaban J connectivity index is 1.43. The standard InChI is InChI=1S/C32H43N5O5/c38-29-16-15-26(31(40)33-17-6-7-19-37-20-8-9-21-37)36-30(39)25-13-4-5-14-28(25)42-22-10-18-34-32(41)27(35-29)23-24-11-2-1-3-12-24/h1-5,11-14,26-27H,6-10,15-23H2,(H,33,40)(H,34,41)(H,35,38)(H,36,39)/t26-,27?/m0/s1. The summed E-state index contributed by atoms with van der Waals surface area (Å²) < 4.78 is 5.88. The van der Waals surface area contributed by atoms with Gasteiger partial charge in [-0.15, -0.1) is 0 Å². The lowest BCUT2D eigenvalue weighted by molar-refractivity contribution is -0.129. The van der Waals surface area contributed by atoms with E-state index in [1.807, 2.05) is 30.3 Å². The summed E-state index contributed by atoms with van der Waals surface area (Å²) in [5, 5.41) is 11.5. The molecule has 10 nitrogen and oxygen atoms in total. The Labute approximate surface area is 247 Å². The van der Waals surface area contributed by atoms with E-state index in [1.165, 1.54) is 12.8 Å². The van der Waals surface area contributed by atoms with Gasteiger partial charge in [0, 0.05) is 25.9 Å². The van der Waals surface area contributed by atoms with Gasteiger partial charge in [0.05, 0.1) is 12.2 Å². The average molecular weight is 578 g/mol. The van der Waals surface area contributed by atoms with Crippen LogP contribution < -0.4 is 26.0 Å². The SMILES string of the molecule is O=C1CC[C@@H](C(=O)NCCCCN2CCCC2)NC(=O)c2ccccc2OCCCNC(=O)C(Cc2ccccc2)N1. The van der Waals surface area contributed by atoms with Crippen molar-refractivity contribution < 1.29 is 23.9 Å². The molecule has 2 heterocycles. The minimum absolute atomic E-state index is 0.0377. The maximum Gasteiger partial charge on any atom is 0.255 e. The Morgan fingerprint density at radius 2 is 1.69 bits per heavy atom. The molecular formula is C32H43N5O5. The largest absolute Gasteiger partial charge is 0.493 e. The number of likely N-dealkylation sites (tertiary alicyclic amines) is 1. The van der Waals surface area contributed by atoms with Gasteiger partial charge in [0.2, 0.25) is 17.7 Å². The third-order valence-corrected chi connectivity index (χ3v) is 7.62. The van der Waals surface area contributed by atoms with Gasteiger partial charge in [-0.2, -0.15) is 0 Å². The monoisotopic (exact) mass is 577 g/mol. The Bertz CT molecular complexity index is 1180. The van der Waals surface area contributed by atoms with Gasteiger partial charge in [-0.25, -0.2) is 0 Å². The number of amides is 4. The Kier molecular flexibility index (Phi) is 12.2. The van der Waals surface area contributed by atoms with Gasteiger partial charge in [-0.1, -0.05) is 42.5 Å². The Morgan fingerprint density at radius 1 is 0.929 bits per heavy atom. The van der Waals surface area contributed by atoms with Gasteiger partial charge in [0.1, 0.15) is 17.8 Å². The van der Waals surface area contributed by atoms with E-state index in [2.05, 4.69) is 26.2 Å². The first kappa shape index (κ1) is 31.0. The summed E-state index contributed by atoms with van der Waals surface area (Å²) in [5.41, 5.74) is 1.23. The van der Waals surface area contributed by atoms with Gasteiger partial charge in [0.15, 0.2) is 0 Å². The van der Waals surface area contributed by atoms with Crippen molar-refractivity contribution in [2.24, 2.45) is 0 Å². The van der Waals surface area contributed by atoms with E-state index in [0.29, 0.717) is 37.2 Å². The van der Waals surface area contributed by atoms with Crippen molar-refractivity contribution in [3.63, 3.8) is 0 Å². The van der Waals surface area contributed by atoms with Gasteiger partial charge >= 0.3 is 0 Å². The third-order valence-electron chi connectivity index (χ3n) is 7.62. The van der Waals surface area contributed by atoms with Crippen LogP contribution in [-0.2, 0) is 20.8 Å². The van der Waals surface area contributed by atoms with E-state index >= 15 is 0 Å². The van der Waals surface area contributed by atoms with Gasteiger partial charge < -0.3 is 30.9 Å². The number of carbonyl (C=O) groups is 4. The second-order valence-corrected chi connectivity index (χ2v) is 10.9. The highest BCUT2D eigenvalue weighted by Crippen LogP contribution is 2.19. The number of rotatable bonds is 8. The summed E-state index contributed by atoms with van der Waals surface area (Å²) in [6, 6.07) is 14.6. The molecule has 2 atom stereocenters. The van der Waals surface area contributed by atoms with Crippen LogP contribution in [0.5, 0.6) is 5.75 Å². The lowest BCUT2D eigenvalue weighted by Crippen LogP contribution is -2.50. The maximum absolute atomic E-state index is 13.3. The van der Waals surface area contributed by atoms with Crippen LogP contribution in [0.3, 0.4) is 0 Å². The van der Waals surface area contributed by atoms with Crippen molar-refractivity contribution in [2.45, 2.75) is 63.5 Å². The average Bonchev–Trinajstić information content (AvgIpc) is 3.52. The molecule has 0 aliphatic carbocycles. The number of ether oxygens (including phenoxy) is 1. The third kappa shape index (κ3) is 9.87. The highest BCUT2D eigenvalue weighted by molar-refractivity contribution is 5.99. The molecule has 0 bridgehead atoms. The molecule has 0 spiro atoms. The minimum atomic E-state index is -0.927. The number of fused-ring (bicyclic) bond motifs is 1. The van der Waals surface area contributed by atoms with Crippen LogP contribution in [0, 0.1) is 0 Å². The van der Waals surface area contributed by atoms with E-state index in [1.54, 1.807) is 24.3 Å². The topological polar surface area (TPSA) is 129 Å². The molecule has 2 aromatic carbocycles. The highest BCUT2D eigenvalue weighted by atomic mass is 16.5. The highest BCUT2D eigenvalue weighted by Gasteiger charge is 2.26. The van der Waals surface area contributed by atoms with E-state index < -0.39 is 18.0 Å². The van der Waals surface area contributed by atoms with Crippen LogP contribution in [-0.4, -0.2) is 79.9 Å². The second kappa shape index (κ2) is 16.5. The fourth-order valence-corrected chi connectivity index (χ4v) is 5.28. The molecule has 4 rings (SSSR count). The van der Waals surface area contributed by atoms with E-state index in [9.17, 15) is 19.2 Å². The maximum atomic E-state index is 13.3. The first-order valence-electron chi connectivity index (χ1n) is 15.1. The number of hydrogen-bond donors (Lipinski definition) is 4. The second-order valence-electron chi connectivity index (χ2n) is 10.9. The first-order chi connectivity index (χ1) is 20.5. The van der Waals surface area contributed by atoms with Crippen molar-refractivity contribution in [1.82, 2.24) is 26.2 Å². The smallest absolute Gasteiger partial charge is 0.255 e. The number of hydrogen-bond acceptors (Lipinski definition) is 6. The molecule has 10 heteroatoms. The molecule has 1 unspecified atom stereocenters. The van der Waals surface area contributed by atoms with Crippen molar-refractivity contribution in [3.05, 3.63) is 65.7 Å². The first-order valence-corrected chi connectivity index (χ1v) is 15.1. The van der Waals surface area contributed by atoms with Crippen molar-refractivity contribution in [2.75, 3.05) is 39.3 Å². The molecule has 2 aromatic rings. The Morgan fingerprint density at radius 3 is 2.50 bits per heavy atom. The number of para-hydroxylation sites is 1. The minimum Gasteiger partial charge on any atom is -0.493 e. The van der Waals surface area contributed by atoms with E-state index in [-0.39, 0.29) is 37.2 Å². The Hall–Kier alpha value is -3.92. The summed E-state index contributed by atoms with van der Waals surface area (Å²) in [4.78, 5) is 55.0. The summed E-state index contributed by atoms with van der Waals surface area (Å²) >= 11 is 0. The van der Waals surface area contributed by atoms with E-state index in [0.717, 1.165) is 38.0 Å². The number of carbonyl (C=O) groups excluding carboxylic acids is 4. The zero-order chi connectivity index (χ0) is 29.6. The molecule has 2 aliphatic heterocycles. The summed E-state index contributed by atoms with van der Waals surface area (Å²) in [7, 11) is 0. The molecule has 2 aliphatic rings. The number of nitrogens with one attached hydrogen (secondary N) is 4. The van der Waals surface area contributed by atoms with Crippen LogP contribution in [0.25, 0.3) is 0 Å². The number of nitrogens with zero attached hydrogens (tertiary/aromatic N) is 1. The normalized spacial score (nSPS) is 20.9. The molecule has 226 valence electrons. The predicted molar refractivity (Wildman–Crippen MR) is 160 cm³/mol. The van der Waals surface area contributed by atoms with Crippen molar-refractivity contribution in [1.29, 1.82) is 0 Å².